The van der Waals surface area contributed by atoms with E-state index < -0.39 is 0 Å². The fourth-order valence-electron chi connectivity index (χ4n) is 1.60. The Morgan fingerprint density at radius 2 is 2.00 bits per heavy atom. The van der Waals surface area contributed by atoms with Crippen molar-refractivity contribution in [2.75, 3.05) is 39.1 Å². The van der Waals surface area contributed by atoms with E-state index in [4.69, 9.17) is 0 Å². The maximum atomic E-state index is 4.53. The minimum Gasteiger partial charge on any atom is -0.355 e. The molecule has 0 saturated carbocycles. The molecule has 1 heterocycles. The van der Waals surface area contributed by atoms with Gasteiger partial charge in [-0.05, 0) is 20.8 Å². The molecule has 0 atom stereocenters. The summed E-state index contributed by atoms with van der Waals surface area (Å²) in [5, 5.41) is 13.1. The number of nitrogens with one attached hydrogen (secondary N) is 3. The van der Waals surface area contributed by atoms with E-state index in [9.17, 15) is 0 Å². The fraction of sp³-hybridized carbons (Fsp3) is 0.714. The van der Waals surface area contributed by atoms with Crippen molar-refractivity contribution in [3.8, 4) is 0 Å². The van der Waals surface area contributed by atoms with E-state index in [2.05, 4.69) is 52.1 Å². The van der Waals surface area contributed by atoms with Crippen LogP contribution in [0.1, 0.15) is 26.5 Å². The topological polar surface area (TPSA) is 64.6 Å². The molecule has 3 N–H and O–H groups in total. The van der Waals surface area contributed by atoms with Gasteiger partial charge in [0.05, 0.1) is 12.2 Å². The van der Waals surface area contributed by atoms with Crippen molar-refractivity contribution in [3.05, 3.63) is 11.1 Å². The Balaban J connectivity index is 2.31. The van der Waals surface area contributed by atoms with Gasteiger partial charge >= 0.3 is 0 Å². The molecule has 0 bridgehead atoms. The van der Waals surface area contributed by atoms with Gasteiger partial charge in [0.15, 0.2) is 11.1 Å². The van der Waals surface area contributed by atoms with Gasteiger partial charge in [0.25, 0.3) is 0 Å². The lowest BCUT2D eigenvalue weighted by Crippen LogP contribution is -2.44. The van der Waals surface area contributed by atoms with Gasteiger partial charge in [-0.15, -0.1) is 11.3 Å². The number of hydrogen-bond acceptors (Lipinski definition) is 5. The molecule has 1 aromatic heterocycles. The highest BCUT2D eigenvalue weighted by Crippen LogP contribution is 2.17. The summed E-state index contributed by atoms with van der Waals surface area (Å²) in [4.78, 5) is 10.8. The minimum absolute atomic E-state index is 0.141. The van der Waals surface area contributed by atoms with Gasteiger partial charge in [0.2, 0.25) is 0 Å². The second-order valence-corrected chi connectivity index (χ2v) is 6.88. The molecular weight excluding hydrogens is 284 g/mol. The second kappa shape index (κ2) is 8.19. The molecule has 0 aliphatic rings. The Kier molecular flexibility index (Phi) is 6.91. The molecule has 0 radical (unpaired) electrons. The molecule has 1 rings (SSSR count). The van der Waals surface area contributed by atoms with Gasteiger partial charge in [-0.25, -0.2) is 4.98 Å². The molecule has 0 unspecified atom stereocenters. The van der Waals surface area contributed by atoms with Crippen LogP contribution < -0.4 is 20.9 Å². The molecule has 7 heteroatoms. The predicted octanol–water partition coefficient (Wildman–Crippen LogP) is 1.26. The summed E-state index contributed by atoms with van der Waals surface area (Å²) in [7, 11) is 5.77. The summed E-state index contributed by atoms with van der Waals surface area (Å²) in [5.74, 6) is 0.796. The zero-order chi connectivity index (χ0) is 15.9. The number of hydrogen-bond donors (Lipinski definition) is 3. The van der Waals surface area contributed by atoms with E-state index in [0.717, 1.165) is 29.9 Å². The van der Waals surface area contributed by atoms with Gasteiger partial charge in [0, 0.05) is 45.2 Å². The SMILES string of the molecule is CN=C(NCCNC(C)(C)C)NCc1csc(N(C)C)n1. The van der Waals surface area contributed by atoms with Gasteiger partial charge in [-0.1, -0.05) is 0 Å². The normalized spacial score (nSPS) is 12.4. The lowest BCUT2D eigenvalue weighted by atomic mass is 10.1. The van der Waals surface area contributed by atoms with E-state index in [1.165, 1.54) is 0 Å². The lowest BCUT2D eigenvalue weighted by molar-refractivity contribution is 0.428. The van der Waals surface area contributed by atoms with E-state index in [1.807, 2.05) is 19.0 Å². The molecule has 0 saturated heterocycles. The Morgan fingerprint density at radius 1 is 1.29 bits per heavy atom. The van der Waals surface area contributed by atoms with Crippen LogP contribution in [0.3, 0.4) is 0 Å². The van der Waals surface area contributed by atoms with Gasteiger partial charge in [-0.3, -0.25) is 4.99 Å². The average molecular weight is 312 g/mol. The summed E-state index contributed by atoms with van der Waals surface area (Å²) in [5.41, 5.74) is 1.17. The van der Waals surface area contributed by atoms with Crippen molar-refractivity contribution >= 4 is 22.4 Å². The smallest absolute Gasteiger partial charge is 0.191 e. The highest BCUT2D eigenvalue weighted by molar-refractivity contribution is 7.13. The lowest BCUT2D eigenvalue weighted by Gasteiger charge is -2.21. The number of guanidine groups is 1. The molecule has 0 fully saturated rings. The third-order valence-electron chi connectivity index (χ3n) is 2.66. The average Bonchev–Trinajstić information content (AvgIpc) is 2.85. The molecular formula is C14H28N6S. The van der Waals surface area contributed by atoms with Crippen molar-refractivity contribution in [1.82, 2.24) is 20.9 Å². The first-order chi connectivity index (χ1) is 9.81. The monoisotopic (exact) mass is 312 g/mol. The van der Waals surface area contributed by atoms with Crippen molar-refractivity contribution in [1.29, 1.82) is 0 Å². The van der Waals surface area contributed by atoms with Gasteiger partial charge < -0.3 is 20.9 Å². The van der Waals surface area contributed by atoms with Crippen LogP contribution in [0, 0.1) is 0 Å². The van der Waals surface area contributed by atoms with Crippen LogP contribution in [0.25, 0.3) is 0 Å². The van der Waals surface area contributed by atoms with Crippen molar-refractivity contribution in [2.45, 2.75) is 32.9 Å². The Labute approximate surface area is 132 Å². The number of nitrogens with zero attached hydrogens (tertiary/aromatic N) is 3. The van der Waals surface area contributed by atoms with Crippen LogP contribution in [-0.2, 0) is 6.54 Å². The van der Waals surface area contributed by atoms with Crippen LogP contribution in [-0.4, -0.2) is 50.7 Å². The molecule has 0 aromatic carbocycles. The maximum Gasteiger partial charge on any atom is 0.191 e. The number of anilines is 1. The van der Waals surface area contributed by atoms with Crippen molar-refractivity contribution in [3.63, 3.8) is 0 Å². The standard InChI is InChI=1S/C14H28N6S/c1-14(2,3)18-8-7-16-12(15-4)17-9-11-10-21-13(19-11)20(5)6/h10,18H,7-9H2,1-6H3,(H2,15,16,17). The first-order valence-corrected chi connectivity index (χ1v) is 8.01. The Hall–Kier alpha value is -1.34. The van der Waals surface area contributed by atoms with E-state index in [1.54, 1.807) is 18.4 Å². The minimum atomic E-state index is 0.141. The molecule has 1 aromatic rings. The Bertz CT molecular complexity index is 447. The summed E-state index contributed by atoms with van der Waals surface area (Å²) >= 11 is 1.65. The first kappa shape index (κ1) is 17.7. The largest absolute Gasteiger partial charge is 0.355 e. The summed E-state index contributed by atoms with van der Waals surface area (Å²) < 4.78 is 0. The fourth-order valence-corrected chi connectivity index (χ4v) is 2.35. The van der Waals surface area contributed by atoms with Crippen LogP contribution in [0.4, 0.5) is 5.13 Å². The molecule has 0 amide bonds. The quantitative estimate of drug-likeness (QED) is 0.419. The number of rotatable bonds is 6. The summed E-state index contributed by atoms with van der Waals surface area (Å²) in [6.45, 7) is 8.87. The molecule has 6 nitrogen and oxygen atoms in total. The zero-order valence-corrected chi connectivity index (χ0v) is 14.8. The maximum absolute atomic E-state index is 4.53. The zero-order valence-electron chi connectivity index (χ0n) is 13.9. The van der Waals surface area contributed by atoms with Crippen LogP contribution in [0.2, 0.25) is 0 Å². The van der Waals surface area contributed by atoms with E-state index in [-0.39, 0.29) is 5.54 Å². The molecule has 0 aliphatic heterocycles. The van der Waals surface area contributed by atoms with E-state index in [0.29, 0.717) is 6.54 Å². The van der Waals surface area contributed by atoms with Gasteiger partial charge in [-0.2, -0.15) is 0 Å². The summed E-state index contributed by atoms with van der Waals surface area (Å²) in [6.07, 6.45) is 0. The second-order valence-electron chi connectivity index (χ2n) is 6.05. The van der Waals surface area contributed by atoms with Crippen LogP contribution in [0.15, 0.2) is 10.4 Å². The number of aliphatic imine (C=N–C) groups is 1. The van der Waals surface area contributed by atoms with E-state index >= 15 is 0 Å². The molecule has 0 aliphatic carbocycles. The molecule has 0 spiro atoms. The first-order valence-electron chi connectivity index (χ1n) is 7.13. The predicted molar refractivity (Wildman–Crippen MR) is 92.4 cm³/mol. The number of aromatic nitrogens is 1. The van der Waals surface area contributed by atoms with Crippen LogP contribution >= 0.6 is 11.3 Å². The highest BCUT2D eigenvalue weighted by atomic mass is 32.1. The summed E-state index contributed by atoms with van der Waals surface area (Å²) in [6, 6.07) is 0. The van der Waals surface area contributed by atoms with Gasteiger partial charge in [0.1, 0.15) is 0 Å². The third-order valence-corrected chi connectivity index (χ3v) is 3.71. The molecule has 21 heavy (non-hydrogen) atoms. The Morgan fingerprint density at radius 3 is 2.52 bits per heavy atom. The van der Waals surface area contributed by atoms with Crippen molar-refractivity contribution < 1.29 is 0 Å². The highest BCUT2D eigenvalue weighted by Gasteiger charge is 2.08. The third kappa shape index (κ3) is 7.29. The number of thiazole rings is 1. The van der Waals surface area contributed by atoms with Crippen molar-refractivity contribution in [2.24, 2.45) is 4.99 Å². The molecule has 120 valence electrons. The van der Waals surface area contributed by atoms with Crippen LogP contribution in [0.5, 0.6) is 0 Å².